The smallest absolute Gasteiger partial charge is 0.253 e. The lowest BCUT2D eigenvalue weighted by Crippen LogP contribution is -2.51. The second-order valence-electron chi connectivity index (χ2n) is 14.3. The summed E-state index contributed by atoms with van der Waals surface area (Å²) in [5.41, 5.74) is 11.0. The molecule has 53 heavy (non-hydrogen) atoms. The summed E-state index contributed by atoms with van der Waals surface area (Å²) in [6.07, 6.45) is 2.33. The van der Waals surface area contributed by atoms with Gasteiger partial charge in [-0.05, 0) is 70.2 Å². The molecule has 0 spiro atoms. The maximum absolute atomic E-state index is 13.4. The minimum Gasteiger partial charge on any atom is -0.335 e. The maximum Gasteiger partial charge on any atom is 0.253 e. The van der Waals surface area contributed by atoms with Gasteiger partial charge in [-0.3, -0.25) is 9.59 Å². The minimum absolute atomic E-state index is 0.0158. The van der Waals surface area contributed by atoms with Crippen molar-refractivity contribution in [2.24, 2.45) is 0 Å². The van der Waals surface area contributed by atoms with E-state index in [4.69, 9.17) is 20.2 Å². The number of hydrogen-bond acceptors (Lipinski definition) is 10. The normalized spacial score (nSPS) is 16.8. The average Bonchev–Trinajstić information content (AvgIpc) is 3.95. The van der Waals surface area contributed by atoms with Crippen LogP contribution >= 0.6 is 23.5 Å². The van der Waals surface area contributed by atoms with Crippen molar-refractivity contribution in [3.05, 3.63) is 105 Å². The Morgan fingerprint density at radius 3 is 1.38 bits per heavy atom. The van der Waals surface area contributed by atoms with Crippen molar-refractivity contribution >= 4 is 46.9 Å². The molecular weight excluding hydrogens is 705 g/mol. The first kappa shape index (κ1) is 35.2. The molecule has 2 atom stereocenters. The number of nitrogens with zero attached hydrogens (tertiary/aromatic N) is 10. The lowest BCUT2D eigenvalue weighted by Gasteiger charge is -2.34. The van der Waals surface area contributed by atoms with Crippen LogP contribution in [0, 0.1) is 41.5 Å². The number of likely N-dealkylation sites (tertiary alicyclic amines) is 2. The van der Waals surface area contributed by atoms with E-state index < -0.39 is 0 Å². The predicted molar refractivity (Wildman–Crippen MR) is 206 cm³/mol. The average molecular weight is 747 g/mol. The number of fused-ring (bicyclic) bond motifs is 4. The highest BCUT2D eigenvalue weighted by atomic mass is 32.2. The van der Waals surface area contributed by atoms with Crippen molar-refractivity contribution < 1.29 is 9.59 Å². The molecule has 2 amide bonds. The highest BCUT2D eigenvalue weighted by Gasteiger charge is 2.46. The van der Waals surface area contributed by atoms with Gasteiger partial charge in [0.1, 0.15) is 0 Å². The van der Waals surface area contributed by atoms with Crippen molar-refractivity contribution in [3.63, 3.8) is 0 Å². The number of hydrogen-bond donors (Lipinski definition) is 0. The number of carbonyl (C=O) groups excluding carboxylic acids is 2. The van der Waals surface area contributed by atoms with Gasteiger partial charge >= 0.3 is 0 Å². The van der Waals surface area contributed by atoms with Crippen LogP contribution in [0.1, 0.15) is 62.6 Å². The van der Waals surface area contributed by atoms with Crippen LogP contribution < -0.4 is 0 Å². The van der Waals surface area contributed by atoms with Gasteiger partial charge in [-0.25, -0.2) is 19.0 Å². The summed E-state index contributed by atoms with van der Waals surface area (Å²) in [6.45, 7) is 13.4. The Labute approximate surface area is 316 Å². The first-order chi connectivity index (χ1) is 25.5. The van der Waals surface area contributed by atoms with Crippen molar-refractivity contribution in [2.45, 2.75) is 83.2 Å². The van der Waals surface area contributed by atoms with E-state index in [2.05, 4.69) is 72.3 Å². The molecule has 2 bridgehead atoms. The van der Waals surface area contributed by atoms with E-state index in [9.17, 15) is 9.59 Å². The zero-order chi connectivity index (χ0) is 37.0. The fraction of sp³-hybridized carbons (Fsp3) is 0.385. The summed E-state index contributed by atoms with van der Waals surface area (Å²) in [5.74, 6) is 1.63. The van der Waals surface area contributed by atoms with Crippen LogP contribution in [0.25, 0.3) is 11.6 Å². The second-order valence-corrected chi connectivity index (χ2v) is 16.2. The Morgan fingerprint density at radius 2 is 1.00 bits per heavy atom. The molecule has 2 aliphatic rings. The van der Waals surface area contributed by atoms with Gasteiger partial charge in [0.25, 0.3) is 11.6 Å². The van der Waals surface area contributed by atoms with Crippen LogP contribution in [-0.4, -0.2) is 97.5 Å². The standard InChI is InChI=1S/C39H42N10O2S2/c1-22-7-11-28(12-8-22)15-32-24(3)40-36-42-38(44-48(36)26(32)5)52-20-34(50)46-18-31-17-30(46)19-47(31)35(51)21-53-39-43-37-41-25(4)33(27(6)49(37)45-39)16-29-13-9-23(2)10-14-29/h7-14,30-31H,15-21H2,1-6H3/t30-,31-/m0/s1. The summed E-state index contributed by atoms with van der Waals surface area (Å²) in [4.78, 5) is 49.3. The first-order valence-electron chi connectivity index (χ1n) is 17.9. The number of thioether (sulfide) groups is 2. The van der Waals surface area contributed by atoms with Gasteiger partial charge in [0.15, 0.2) is 0 Å². The molecular formula is C39H42N10O2S2. The molecule has 2 saturated heterocycles. The number of carbonyl (C=O) groups is 2. The van der Waals surface area contributed by atoms with Crippen LogP contribution in [0.3, 0.4) is 0 Å². The lowest BCUT2D eigenvalue weighted by molar-refractivity contribution is -0.136. The van der Waals surface area contributed by atoms with Crippen molar-refractivity contribution in [2.75, 3.05) is 24.6 Å². The molecule has 14 heteroatoms. The van der Waals surface area contributed by atoms with Gasteiger partial charge in [-0.1, -0.05) is 83.2 Å². The summed E-state index contributed by atoms with van der Waals surface area (Å²) < 4.78 is 3.57. The number of amides is 2. The molecule has 6 aromatic rings. The SMILES string of the molecule is Cc1ccc(Cc2c(C)nc3nc(SCC(=O)N4C[C@@H]5C[C@H]4CN5C(=O)CSc4nc5nc(C)c(Cc6ccc(C)cc6)c(C)n5n4)nn3c2C)cc1. The summed E-state index contributed by atoms with van der Waals surface area (Å²) >= 11 is 2.67. The quantitative estimate of drug-likeness (QED) is 0.171. The molecule has 0 aliphatic carbocycles. The van der Waals surface area contributed by atoms with Gasteiger partial charge in [0.05, 0.1) is 23.6 Å². The molecule has 2 aliphatic heterocycles. The predicted octanol–water partition coefficient (Wildman–Crippen LogP) is 5.29. The third-order valence-corrected chi connectivity index (χ3v) is 12.2. The summed E-state index contributed by atoms with van der Waals surface area (Å²) in [5, 5.41) is 10.5. The van der Waals surface area contributed by atoms with Crippen molar-refractivity contribution in [1.29, 1.82) is 0 Å². The van der Waals surface area contributed by atoms with Gasteiger partial charge in [-0.2, -0.15) is 9.97 Å². The molecule has 0 radical (unpaired) electrons. The summed E-state index contributed by atoms with van der Waals surface area (Å²) in [6, 6.07) is 17.1. The van der Waals surface area contributed by atoms with Crippen LogP contribution in [0.15, 0.2) is 58.8 Å². The number of aryl methyl sites for hydroxylation is 6. The Bertz CT molecular complexity index is 2210. The van der Waals surface area contributed by atoms with Gasteiger partial charge in [-0.15, -0.1) is 10.2 Å². The van der Waals surface area contributed by atoms with Crippen molar-refractivity contribution in [1.82, 2.24) is 49.0 Å². The van der Waals surface area contributed by atoms with E-state index in [-0.39, 0.29) is 35.4 Å². The van der Waals surface area contributed by atoms with Crippen LogP contribution in [0.2, 0.25) is 0 Å². The Morgan fingerprint density at radius 1 is 0.604 bits per heavy atom. The van der Waals surface area contributed by atoms with E-state index in [0.717, 1.165) is 53.2 Å². The van der Waals surface area contributed by atoms with E-state index in [1.807, 2.05) is 37.5 Å². The highest BCUT2D eigenvalue weighted by Crippen LogP contribution is 2.33. The highest BCUT2D eigenvalue weighted by molar-refractivity contribution is 8.00. The van der Waals surface area contributed by atoms with E-state index >= 15 is 0 Å². The molecule has 2 fully saturated rings. The van der Waals surface area contributed by atoms with Crippen LogP contribution in [-0.2, 0) is 22.4 Å². The Balaban J connectivity index is 0.853. The third kappa shape index (κ3) is 7.01. The first-order valence-corrected chi connectivity index (χ1v) is 19.9. The number of piperazine rings is 1. The number of aromatic nitrogens is 8. The zero-order valence-electron chi connectivity index (χ0n) is 30.8. The van der Waals surface area contributed by atoms with E-state index in [0.29, 0.717) is 35.0 Å². The topological polar surface area (TPSA) is 127 Å². The molecule has 0 unspecified atom stereocenters. The summed E-state index contributed by atoms with van der Waals surface area (Å²) in [7, 11) is 0. The van der Waals surface area contributed by atoms with Crippen LogP contribution in [0.4, 0.5) is 0 Å². The van der Waals surface area contributed by atoms with Gasteiger partial charge in [0.2, 0.25) is 22.1 Å². The molecule has 12 nitrogen and oxygen atoms in total. The molecule has 4 aromatic heterocycles. The second kappa shape index (κ2) is 14.2. The van der Waals surface area contributed by atoms with E-state index in [1.54, 1.807) is 9.03 Å². The molecule has 2 aromatic carbocycles. The van der Waals surface area contributed by atoms with Crippen molar-refractivity contribution in [3.8, 4) is 0 Å². The minimum atomic E-state index is 0.0158. The Kier molecular flexibility index (Phi) is 9.44. The largest absolute Gasteiger partial charge is 0.335 e. The Hall–Kier alpha value is -4.82. The molecule has 0 saturated carbocycles. The monoisotopic (exact) mass is 746 g/mol. The number of rotatable bonds is 10. The fourth-order valence-corrected chi connectivity index (χ4v) is 8.94. The molecule has 272 valence electrons. The molecule has 0 N–H and O–H groups in total. The third-order valence-electron chi connectivity index (χ3n) is 10.6. The van der Waals surface area contributed by atoms with Gasteiger partial charge in [0, 0.05) is 48.7 Å². The number of benzene rings is 2. The molecule has 8 rings (SSSR count). The lowest BCUT2D eigenvalue weighted by atomic mass is 10.0. The molecule has 6 heterocycles. The van der Waals surface area contributed by atoms with Gasteiger partial charge < -0.3 is 9.80 Å². The maximum atomic E-state index is 13.4. The zero-order valence-corrected chi connectivity index (χ0v) is 32.5. The van der Waals surface area contributed by atoms with E-state index in [1.165, 1.54) is 45.8 Å². The van der Waals surface area contributed by atoms with Crippen LogP contribution in [0.5, 0.6) is 0 Å². The fourth-order valence-electron chi connectivity index (χ4n) is 7.53.